The van der Waals surface area contributed by atoms with E-state index >= 15 is 0 Å². The molecule has 0 atom stereocenters. The molecule has 0 saturated heterocycles. The molecule has 0 aliphatic rings. The Bertz CT molecular complexity index is 813. The molecular formula is C18H20N6O. The van der Waals surface area contributed by atoms with E-state index in [4.69, 9.17) is 0 Å². The van der Waals surface area contributed by atoms with Gasteiger partial charge in [-0.1, -0.05) is 12.1 Å². The van der Waals surface area contributed by atoms with E-state index in [9.17, 15) is 4.79 Å². The van der Waals surface area contributed by atoms with E-state index in [1.54, 1.807) is 24.7 Å². The van der Waals surface area contributed by atoms with Gasteiger partial charge in [-0.15, -0.1) is 0 Å². The number of benzene rings is 1. The Balaban J connectivity index is 1.46. The van der Waals surface area contributed by atoms with Crippen molar-refractivity contribution in [2.24, 2.45) is 0 Å². The van der Waals surface area contributed by atoms with Gasteiger partial charge in [0.15, 0.2) is 0 Å². The first-order chi connectivity index (χ1) is 12.2. The third-order valence-corrected chi connectivity index (χ3v) is 3.72. The summed E-state index contributed by atoms with van der Waals surface area (Å²) >= 11 is 0. The van der Waals surface area contributed by atoms with E-state index < -0.39 is 0 Å². The Hall–Kier alpha value is -3.22. The number of hydrogen-bond acceptors (Lipinski definition) is 5. The molecular weight excluding hydrogens is 316 g/mol. The summed E-state index contributed by atoms with van der Waals surface area (Å²) in [6.07, 6.45) is 7.39. The smallest absolute Gasteiger partial charge is 0.226 e. The maximum absolute atomic E-state index is 12.0. The highest BCUT2D eigenvalue weighted by Crippen LogP contribution is 2.12. The average molecular weight is 336 g/mol. The van der Waals surface area contributed by atoms with Gasteiger partial charge >= 0.3 is 0 Å². The number of anilines is 2. The number of carbonyl (C=O) groups is 1. The van der Waals surface area contributed by atoms with Gasteiger partial charge in [-0.2, -0.15) is 0 Å². The molecule has 2 heterocycles. The van der Waals surface area contributed by atoms with E-state index in [0.29, 0.717) is 18.9 Å². The zero-order chi connectivity index (χ0) is 17.5. The monoisotopic (exact) mass is 336 g/mol. The van der Waals surface area contributed by atoms with Crippen LogP contribution in [0.15, 0.2) is 55.1 Å². The molecule has 1 aromatic carbocycles. The lowest BCUT2D eigenvalue weighted by Gasteiger charge is -2.08. The predicted octanol–water partition coefficient (Wildman–Crippen LogP) is 2.47. The number of imidazole rings is 1. The number of aryl methyl sites for hydroxylation is 1. The van der Waals surface area contributed by atoms with Crippen LogP contribution >= 0.6 is 0 Å². The lowest BCUT2D eigenvalue weighted by molar-refractivity contribution is -0.115. The molecule has 2 aromatic heterocycles. The van der Waals surface area contributed by atoms with E-state index in [2.05, 4.69) is 30.2 Å². The van der Waals surface area contributed by atoms with Gasteiger partial charge in [-0.25, -0.2) is 15.0 Å². The fourth-order valence-corrected chi connectivity index (χ4v) is 2.36. The van der Waals surface area contributed by atoms with Crippen LogP contribution in [-0.4, -0.2) is 32.0 Å². The minimum absolute atomic E-state index is 0.0540. The predicted molar refractivity (Wildman–Crippen MR) is 96.3 cm³/mol. The van der Waals surface area contributed by atoms with Gasteiger partial charge in [0.25, 0.3) is 0 Å². The fraction of sp³-hybridized carbons (Fsp3) is 0.222. The van der Waals surface area contributed by atoms with Crippen LogP contribution in [0.2, 0.25) is 0 Å². The van der Waals surface area contributed by atoms with Crippen molar-refractivity contribution >= 4 is 17.5 Å². The van der Waals surface area contributed by atoms with Crippen LogP contribution in [0.4, 0.5) is 11.6 Å². The van der Waals surface area contributed by atoms with Crippen molar-refractivity contribution in [1.82, 2.24) is 19.5 Å². The second-order valence-electron chi connectivity index (χ2n) is 5.60. The van der Waals surface area contributed by atoms with Gasteiger partial charge in [-0.3, -0.25) is 4.79 Å². The van der Waals surface area contributed by atoms with E-state index in [0.717, 1.165) is 23.6 Å². The first kappa shape index (κ1) is 16.6. The number of amides is 1. The number of rotatable bonds is 7. The largest absolute Gasteiger partial charge is 0.354 e. The minimum Gasteiger partial charge on any atom is -0.354 e. The molecule has 0 bridgehead atoms. The number of carbonyl (C=O) groups excluding carboxylic acids is 1. The summed E-state index contributed by atoms with van der Waals surface area (Å²) in [5.74, 6) is 1.45. The van der Waals surface area contributed by atoms with Gasteiger partial charge < -0.3 is 15.2 Å². The van der Waals surface area contributed by atoms with Crippen molar-refractivity contribution in [2.45, 2.75) is 19.9 Å². The Morgan fingerprint density at radius 2 is 1.84 bits per heavy atom. The molecule has 0 saturated carbocycles. The molecule has 3 aromatic rings. The maximum Gasteiger partial charge on any atom is 0.226 e. The fourth-order valence-electron chi connectivity index (χ4n) is 2.36. The van der Waals surface area contributed by atoms with Crippen LogP contribution in [0.5, 0.6) is 0 Å². The minimum atomic E-state index is -0.0540. The lowest BCUT2D eigenvalue weighted by atomic mass is 10.2. The Morgan fingerprint density at radius 1 is 1.08 bits per heavy atom. The molecule has 0 radical (unpaired) electrons. The average Bonchev–Trinajstić information content (AvgIpc) is 3.02. The molecule has 128 valence electrons. The molecule has 7 heteroatoms. The van der Waals surface area contributed by atoms with Crippen LogP contribution in [0.25, 0.3) is 0 Å². The van der Waals surface area contributed by atoms with Crippen LogP contribution in [0.3, 0.4) is 0 Å². The summed E-state index contributed by atoms with van der Waals surface area (Å²) in [4.78, 5) is 24.3. The van der Waals surface area contributed by atoms with Gasteiger partial charge in [0.05, 0.1) is 0 Å². The summed E-state index contributed by atoms with van der Waals surface area (Å²) in [6.45, 7) is 3.22. The van der Waals surface area contributed by atoms with Crippen LogP contribution in [-0.2, 0) is 11.3 Å². The molecule has 1 amide bonds. The van der Waals surface area contributed by atoms with Gasteiger partial charge in [0.1, 0.15) is 5.82 Å². The van der Waals surface area contributed by atoms with Crippen molar-refractivity contribution in [1.29, 1.82) is 0 Å². The standard InChI is InChI=1S/C18H20N6O/c1-14-19-11-12-24(14)13-15-3-5-16(6-4-15)23-17(25)7-10-22-18-20-8-2-9-21-18/h2-6,8-9,11-12H,7,10,13H2,1H3,(H,23,25)(H,20,21,22). The van der Waals surface area contributed by atoms with Crippen molar-refractivity contribution in [3.8, 4) is 0 Å². The van der Waals surface area contributed by atoms with Crippen molar-refractivity contribution in [3.63, 3.8) is 0 Å². The SMILES string of the molecule is Cc1nccn1Cc1ccc(NC(=O)CCNc2ncccn2)cc1. The first-order valence-corrected chi connectivity index (χ1v) is 8.08. The highest BCUT2D eigenvalue weighted by Gasteiger charge is 2.04. The second-order valence-corrected chi connectivity index (χ2v) is 5.60. The van der Waals surface area contributed by atoms with E-state index in [-0.39, 0.29) is 5.91 Å². The van der Waals surface area contributed by atoms with E-state index in [1.165, 1.54) is 0 Å². The van der Waals surface area contributed by atoms with E-state index in [1.807, 2.05) is 37.4 Å². The van der Waals surface area contributed by atoms with Crippen molar-refractivity contribution in [2.75, 3.05) is 17.2 Å². The Labute approximate surface area is 146 Å². The normalized spacial score (nSPS) is 10.4. The van der Waals surface area contributed by atoms with Crippen LogP contribution < -0.4 is 10.6 Å². The molecule has 7 nitrogen and oxygen atoms in total. The summed E-state index contributed by atoms with van der Waals surface area (Å²) in [5, 5.41) is 5.90. The zero-order valence-corrected chi connectivity index (χ0v) is 14.0. The highest BCUT2D eigenvalue weighted by molar-refractivity contribution is 5.90. The highest BCUT2D eigenvalue weighted by atomic mass is 16.1. The third kappa shape index (κ3) is 4.87. The zero-order valence-electron chi connectivity index (χ0n) is 14.0. The van der Waals surface area contributed by atoms with Gasteiger partial charge in [0, 0.05) is 50.0 Å². The number of nitrogens with zero attached hydrogens (tertiary/aromatic N) is 4. The van der Waals surface area contributed by atoms with Crippen LogP contribution in [0, 0.1) is 6.92 Å². The van der Waals surface area contributed by atoms with Gasteiger partial charge in [-0.05, 0) is 30.7 Å². The molecule has 0 aliphatic carbocycles. The Morgan fingerprint density at radius 3 is 2.52 bits per heavy atom. The molecule has 0 aliphatic heterocycles. The van der Waals surface area contributed by atoms with Gasteiger partial charge in [0.2, 0.25) is 11.9 Å². The number of aromatic nitrogens is 4. The second kappa shape index (κ2) is 8.05. The Kier molecular flexibility index (Phi) is 5.36. The van der Waals surface area contributed by atoms with Crippen molar-refractivity contribution in [3.05, 3.63) is 66.5 Å². The van der Waals surface area contributed by atoms with Crippen LogP contribution in [0.1, 0.15) is 17.8 Å². The molecule has 25 heavy (non-hydrogen) atoms. The first-order valence-electron chi connectivity index (χ1n) is 8.08. The molecule has 0 fully saturated rings. The quantitative estimate of drug-likeness (QED) is 0.692. The molecule has 0 spiro atoms. The summed E-state index contributed by atoms with van der Waals surface area (Å²) < 4.78 is 2.07. The molecule has 3 rings (SSSR count). The summed E-state index contributed by atoms with van der Waals surface area (Å²) in [7, 11) is 0. The van der Waals surface area contributed by atoms with Crippen molar-refractivity contribution < 1.29 is 4.79 Å². The molecule has 2 N–H and O–H groups in total. The third-order valence-electron chi connectivity index (χ3n) is 3.72. The molecule has 0 unspecified atom stereocenters. The summed E-state index contributed by atoms with van der Waals surface area (Å²) in [5.41, 5.74) is 1.94. The number of hydrogen-bond donors (Lipinski definition) is 2. The number of nitrogens with one attached hydrogen (secondary N) is 2. The maximum atomic E-state index is 12.0. The summed E-state index contributed by atoms with van der Waals surface area (Å²) in [6, 6.07) is 9.58. The lowest BCUT2D eigenvalue weighted by Crippen LogP contribution is -2.17. The topological polar surface area (TPSA) is 84.7 Å².